The van der Waals surface area contributed by atoms with Crippen LogP contribution in [-0.4, -0.2) is 0 Å². The third-order valence-corrected chi connectivity index (χ3v) is 11.5. The summed E-state index contributed by atoms with van der Waals surface area (Å²) in [5.41, 5.74) is 16.1. The largest absolute Gasteiger partial charge is 0.310 e. The first-order valence-corrected chi connectivity index (χ1v) is 18.8. The van der Waals surface area contributed by atoms with Crippen LogP contribution >= 0.6 is 0 Å². The Hall–Kier alpha value is -6.70. The Morgan fingerprint density at radius 1 is 0.315 bits per heavy atom. The van der Waals surface area contributed by atoms with E-state index in [2.05, 4.69) is 219 Å². The summed E-state index contributed by atoms with van der Waals surface area (Å²) in [5, 5.41) is 5.01. The fraction of sp³-hybridized carbons (Fsp3) is 0.0566. The maximum Gasteiger partial charge on any atom is 0.0468 e. The topological polar surface area (TPSA) is 3.24 Å². The average molecular weight is 690 g/mol. The second kappa shape index (κ2) is 12.8. The lowest BCUT2D eigenvalue weighted by Gasteiger charge is -2.27. The summed E-state index contributed by atoms with van der Waals surface area (Å²) in [6.07, 6.45) is 0. The minimum atomic E-state index is -0.0429. The van der Waals surface area contributed by atoms with Crippen LogP contribution in [-0.2, 0) is 5.41 Å². The van der Waals surface area contributed by atoms with Crippen molar-refractivity contribution in [3.63, 3.8) is 0 Å². The molecule has 54 heavy (non-hydrogen) atoms. The molecule has 10 rings (SSSR count). The van der Waals surface area contributed by atoms with E-state index < -0.39 is 0 Å². The minimum Gasteiger partial charge on any atom is -0.310 e. The lowest BCUT2D eigenvalue weighted by Crippen LogP contribution is -2.15. The van der Waals surface area contributed by atoms with Crippen molar-refractivity contribution < 1.29 is 0 Å². The van der Waals surface area contributed by atoms with Crippen molar-refractivity contribution in [3.8, 4) is 44.5 Å². The summed E-state index contributed by atoms with van der Waals surface area (Å²) in [6, 6.07) is 73.4. The van der Waals surface area contributed by atoms with Gasteiger partial charge in [0.1, 0.15) is 0 Å². The summed E-state index contributed by atoms with van der Waals surface area (Å²) in [4.78, 5) is 2.40. The van der Waals surface area contributed by atoms with Crippen molar-refractivity contribution in [1.82, 2.24) is 0 Å². The third kappa shape index (κ3) is 5.40. The van der Waals surface area contributed by atoms with Gasteiger partial charge in [-0.15, -0.1) is 0 Å². The van der Waals surface area contributed by atoms with Crippen LogP contribution in [0.3, 0.4) is 0 Å². The molecule has 0 aliphatic heterocycles. The van der Waals surface area contributed by atoms with Gasteiger partial charge in [-0.2, -0.15) is 0 Å². The SMILES string of the molecule is CC1(C)c2ccccc2-c2cc(N(c3ccc(-c4ccc5ccc(-c6ccccc6)cc5c4)cc3)c3ccc(-c4cccc5ccccc45)cc3)ccc21. The average Bonchev–Trinajstić information content (AvgIpc) is 3.46. The number of fused-ring (bicyclic) bond motifs is 5. The predicted octanol–water partition coefficient (Wildman–Crippen LogP) is 14.8. The predicted molar refractivity (Wildman–Crippen MR) is 230 cm³/mol. The first kappa shape index (κ1) is 32.0. The molecule has 256 valence electrons. The van der Waals surface area contributed by atoms with Gasteiger partial charge in [-0.1, -0.05) is 166 Å². The Bertz CT molecular complexity index is 2820. The molecule has 1 nitrogen and oxygen atoms in total. The van der Waals surface area contributed by atoms with Gasteiger partial charge in [0.25, 0.3) is 0 Å². The molecule has 0 bridgehead atoms. The highest BCUT2D eigenvalue weighted by atomic mass is 15.1. The molecule has 0 spiro atoms. The van der Waals surface area contributed by atoms with Crippen LogP contribution in [0.2, 0.25) is 0 Å². The number of rotatable bonds is 6. The van der Waals surface area contributed by atoms with Gasteiger partial charge < -0.3 is 4.90 Å². The van der Waals surface area contributed by atoms with Crippen molar-refractivity contribution in [1.29, 1.82) is 0 Å². The number of nitrogens with zero attached hydrogens (tertiary/aromatic N) is 1. The summed E-state index contributed by atoms with van der Waals surface area (Å²) in [6.45, 7) is 4.68. The molecule has 0 fully saturated rings. The summed E-state index contributed by atoms with van der Waals surface area (Å²) < 4.78 is 0. The summed E-state index contributed by atoms with van der Waals surface area (Å²) in [7, 11) is 0. The zero-order valence-corrected chi connectivity index (χ0v) is 30.5. The van der Waals surface area contributed by atoms with E-state index in [-0.39, 0.29) is 5.41 Å². The lowest BCUT2D eigenvalue weighted by molar-refractivity contribution is 0.660. The van der Waals surface area contributed by atoms with Crippen LogP contribution in [0.4, 0.5) is 17.1 Å². The van der Waals surface area contributed by atoms with Crippen molar-refractivity contribution in [2.45, 2.75) is 19.3 Å². The molecule has 0 saturated heterocycles. The number of hydrogen-bond acceptors (Lipinski definition) is 1. The van der Waals surface area contributed by atoms with Crippen LogP contribution in [0.15, 0.2) is 200 Å². The molecule has 0 saturated carbocycles. The first-order chi connectivity index (χ1) is 26.5. The second-order valence-electron chi connectivity index (χ2n) is 15.0. The Labute approximate surface area is 317 Å². The monoisotopic (exact) mass is 689 g/mol. The van der Waals surface area contributed by atoms with E-state index in [1.165, 1.54) is 77.2 Å². The fourth-order valence-corrected chi connectivity index (χ4v) is 8.60. The van der Waals surface area contributed by atoms with Gasteiger partial charge in [0.2, 0.25) is 0 Å². The molecule has 0 radical (unpaired) electrons. The van der Waals surface area contributed by atoms with E-state index in [1.54, 1.807) is 0 Å². The summed E-state index contributed by atoms with van der Waals surface area (Å²) in [5.74, 6) is 0. The van der Waals surface area contributed by atoms with E-state index in [0.29, 0.717) is 0 Å². The third-order valence-electron chi connectivity index (χ3n) is 11.5. The molecule has 0 aromatic heterocycles. The quantitative estimate of drug-likeness (QED) is 0.168. The highest BCUT2D eigenvalue weighted by molar-refractivity contribution is 5.97. The highest BCUT2D eigenvalue weighted by Gasteiger charge is 2.35. The highest BCUT2D eigenvalue weighted by Crippen LogP contribution is 2.50. The molecule has 9 aromatic rings. The molecule has 0 N–H and O–H groups in total. The van der Waals surface area contributed by atoms with E-state index in [9.17, 15) is 0 Å². The molecule has 0 atom stereocenters. The van der Waals surface area contributed by atoms with Crippen molar-refractivity contribution >= 4 is 38.6 Å². The van der Waals surface area contributed by atoms with Crippen LogP contribution in [0, 0.1) is 0 Å². The minimum absolute atomic E-state index is 0.0429. The smallest absolute Gasteiger partial charge is 0.0468 e. The molecular weight excluding hydrogens is 651 g/mol. The second-order valence-corrected chi connectivity index (χ2v) is 15.0. The number of anilines is 3. The van der Waals surface area contributed by atoms with Gasteiger partial charge in [-0.05, 0) is 126 Å². The zero-order valence-electron chi connectivity index (χ0n) is 30.5. The first-order valence-electron chi connectivity index (χ1n) is 18.8. The maximum absolute atomic E-state index is 2.40. The van der Waals surface area contributed by atoms with Gasteiger partial charge in [0, 0.05) is 22.5 Å². The zero-order chi connectivity index (χ0) is 36.2. The maximum atomic E-state index is 2.40. The van der Waals surface area contributed by atoms with E-state index >= 15 is 0 Å². The van der Waals surface area contributed by atoms with E-state index in [0.717, 1.165) is 17.1 Å². The number of hydrogen-bond donors (Lipinski definition) is 0. The molecule has 0 amide bonds. The Kier molecular flexibility index (Phi) is 7.56. The molecule has 1 aliphatic carbocycles. The van der Waals surface area contributed by atoms with Crippen molar-refractivity contribution in [2.24, 2.45) is 0 Å². The van der Waals surface area contributed by atoms with Gasteiger partial charge in [-0.25, -0.2) is 0 Å². The van der Waals surface area contributed by atoms with Gasteiger partial charge in [-0.3, -0.25) is 0 Å². The molecule has 9 aromatic carbocycles. The molecule has 0 unspecified atom stereocenters. The lowest BCUT2D eigenvalue weighted by atomic mass is 9.82. The molecule has 1 aliphatic rings. The Morgan fingerprint density at radius 2 is 0.852 bits per heavy atom. The van der Waals surface area contributed by atoms with Gasteiger partial charge >= 0.3 is 0 Å². The van der Waals surface area contributed by atoms with Crippen molar-refractivity contribution in [2.75, 3.05) is 4.90 Å². The number of benzene rings is 9. The summed E-state index contributed by atoms with van der Waals surface area (Å²) >= 11 is 0. The van der Waals surface area contributed by atoms with Crippen LogP contribution in [0.1, 0.15) is 25.0 Å². The van der Waals surface area contributed by atoms with Crippen LogP contribution in [0.25, 0.3) is 66.1 Å². The molecule has 0 heterocycles. The standard InChI is InChI=1S/C53H39N/c1-53(2)51-18-9-8-16-49(51)50-35-46(31-32-52(50)53)54(45-29-25-40(26-30-45)48-17-10-14-39-13-6-7-15-47(39)48)44-27-23-37(24-28-44)42-22-20-38-19-21-41(33-43(38)34-42)36-11-4-3-5-12-36/h3-35H,1-2H3. The fourth-order valence-electron chi connectivity index (χ4n) is 8.60. The van der Waals surface area contributed by atoms with E-state index in [1.807, 2.05) is 0 Å². The van der Waals surface area contributed by atoms with Crippen LogP contribution in [0.5, 0.6) is 0 Å². The Balaban J connectivity index is 1.06. The van der Waals surface area contributed by atoms with Gasteiger partial charge in [0.15, 0.2) is 0 Å². The normalized spacial score (nSPS) is 12.8. The van der Waals surface area contributed by atoms with E-state index in [4.69, 9.17) is 0 Å². The Morgan fingerprint density at radius 3 is 1.59 bits per heavy atom. The van der Waals surface area contributed by atoms with Crippen molar-refractivity contribution in [3.05, 3.63) is 211 Å². The molecular formula is C53H39N. The van der Waals surface area contributed by atoms with Crippen LogP contribution < -0.4 is 4.90 Å². The van der Waals surface area contributed by atoms with Gasteiger partial charge in [0.05, 0.1) is 0 Å². The molecule has 1 heteroatoms.